The molecule has 0 aliphatic heterocycles. The molecule has 0 aliphatic rings. The molecule has 186 valence electrons. The van der Waals surface area contributed by atoms with Crippen molar-refractivity contribution in [3.05, 3.63) is 70.9 Å². The van der Waals surface area contributed by atoms with Crippen molar-refractivity contribution < 1.29 is 9.59 Å². The Kier molecular flexibility index (Phi) is 8.57. The smallest absolute Gasteiger partial charge is 0.315 e. The third kappa shape index (κ3) is 7.09. The summed E-state index contributed by atoms with van der Waals surface area (Å²) in [6.45, 7) is 10.7. The number of nitrogens with one attached hydrogen (secondary N) is 2. The van der Waals surface area contributed by atoms with Gasteiger partial charge in [0.15, 0.2) is 0 Å². The summed E-state index contributed by atoms with van der Waals surface area (Å²) in [6, 6.07) is 16.4. The first-order valence-electron chi connectivity index (χ1n) is 11.9. The molecule has 1 heterocycles. The van der Waals surface area contributed by atoms with E-state index in [0.29, 0.717) is 23.1 Å². The highest BCUT2D eigenvalue weighted by molar-refractivity contribution is 6.30. The van der Waals surface area contributed by atoms with Gasteiger partial charge in [-0.15, -0.1) is 0 Å². The molecule has 0 spiro atoms. The average molecular weight is 496 g/mol. The third-order valence-electron chi connectivity index (χ3n) is 5.57. The van der Waals surface area contributed by atoms with Crippen molar-refractivity contribution in [1.29, 1.82) is 0 Å². The summed E-state index contributed by atoms with van der Waals surface area (Å²) in [5, 5.41) is 11.1. The summed E-state index contributed by atoms with van der Waals surface area (Å²) in [4.78, 5) is 27.6. The largest absolute Gasteiger partial charge is 0.322 e. The average Bonchev–Trinajstić information content (AvgIpc) is 3.21. The van der Waals surface area contributed by atoms with Gasteiger partial charge in [-0.05, 0) is 43.2 Å². The molecule has 35 heavy (non-hydrogen) atoms. The lowest BCUT2D eigenvalue weighted by atomic mass is 9.92. The van der Waals surface area contributed by atoms with E-state index in [1.54, 1.807) is 28.9 Å². The van der Waals surface area contributed by atoms with Gasteiger partial charge >= 0.3 is 6.03 Å². The zero-order valence-electron chi connectivity index (χ0n) is 21.1. The molecule has 0 aliphatic carbocycles. The maximum Gasteiger partial charge on any atom is 0.322 e. The van der Waals surface area contributed by atoms with Gasteiger partial charge in [-0.3, -0.25) is 4.79 Å². The number of carbonyl (C=O) groups is 2. The fraction of sp³-hybridized carbons (Fsp3) is 0.370. The van der Waals surface area contributed by atoms with Crippen LogP contribution in [-0.2, 0) is 10.2 Å². The number of urea groups is 1. The van der Waals surface area contributed by atoms with E-state index in [0.717, 1.165) is 29.8 Å². The quantitative estimate of drug-likeness (QED) is 0.379. The lowest BCUT2D eigenvalue weighted by molar-refractivity contribution is -0.116. The molecule has 0 saturated heterocycles. The first-order valence-corrected chi connectivity index (χ1v) is 12.2. The summed E-state index contributed by atoms with van der Waals surface area (Å²) in [5.74, 6) is 0.275. The van der Waals surface area contributed by atoms with Crippen LogP contribution in [0, 0.1) is 6.92 Å². The molecule has 2 aromatic carbocycles. The lowest BCUT2D eigenvalue weighted by Crippen LogP contribution is -2.41. The highest BCUT2D eigenvalue weighted by Gasteiger charge is 2.23. The molecule has 3 rings (SSSR count). The molecular formula is C27H34ClN5O2. The van der Waals surface area contributed by atoms with Gasteiger partial charge in [-0.1, -0.05) is 70.0 Å². The zero-order chi connectivity index (χ0) is 25.6. The summed E-state index contributed by atoms with van der Waals surface area (Å²) < 4.78 is 1.76. The van der Waals surface area contributed by atoms with E-state index in [-0.39, 0.29) is 23.9 Å². The van der Waals surface area contributed by atoms with E-state index in [4.69, 9.17) is 16.7 Å². The van der Waals surface area contributed by atoms with Crippen molar-refractivity contribution >= 4 is 35.0 Å². The maximum absolute atomic E-state index is 13.1. The molecular weight excluding hydrogens is 462 g/mol. The van der Waals surface area contributed by atoms with E-state index in [2.05, 4.69) is 31.4 Å². The van der Waals surface area contributed by atoms with Gasteiger partial charge in [0.25, 0.3) is 0 Å². The van der Waals surface area contributed by atoms with Crippen molar-refractivity contribution in [2.45, 2.75) is 52.9 Å². The number of nitrogens with zero attached hydrogens (tertiary/aromatic N) is 3. The van der Waals surface area contributed by atoms with Gasteiger partial charge in [0.05, 0.1) is 11.4 Å². The minimum absolute atomic E-state index is 0.0871. The Morgan fingerprint density at radius 1 is 1.06 bits per heavy atom. The number of halogens is 1. The van der Waals surface area contributed by atoms with Crippen LogP contribution in [0.3, 0.4) is 0 Å². The predicted molar refractivity (Wildman–Crippen MR) is 143 cm³/mol. The molecule has 0 unspecified atom stereocenters. The number of hydrogen-bond acceptors (Lipinski definition) is 3. The number of unbranched alkanes of at least 4 members (excludes halogenated alkanes) is 1. The SMILES string of the molecule is CCCCN(CC(=O)Nc1cc(C(C)(C)C)nn1-c1ccccc1C)C(=O)Nc1cccc(Cl)c1. The Hall–Kier alpha value is -3.32. The number of amides is 3. The third-order valence-corrected chi connectivity index (χ3v) is 5.80. The van der Waals surface area contributed by atoms with Gasteiger partial charge in [0.1, 0.15) is 12.4 Å². The molecule has 2 N–H and O–H groups in total. The van der Waals surface area contributed by atoms with Gasteiger partial charge < -0.3 is 15.5 Å². The molecule has 3 amide bonds. The van der Waals surface area contributed by atoms with E-state index in [9.17, 15) is 9.59 Å². The second-order valence-electron chi connectivity index (χ2n) is 9.63. The number of benzene rings is 2. The monoisotopic (exact) mass is 495 g/mol. The molecule has 0 fully saturated rings. The molecule has 7 nitrogen and oxygen atoms in total. The van der Waals surface area contributed by atoms with E-state index in [1.165, 1.54) is 4.90 Å². The number of para-hydroxylation sites is 1. The van der Waals surface area contributed by atoms with Crippen LogP contribution < -0.4 is 10.6 Å². The second kappa shape index (κ2) is 11.4. The number of anilines is 2. The molecule has 3 aromatic rings. The van der Waals surface area contributed by atoms with Crippen molar-refractivity contribution in [2.24, 2.45) is 0 Å². The Bertz CT molecular complexity index is 1180. The summed E-state index contributed by atoms with van der Waals surface area (Å²) in [7, 11) is 0. The maximum atomic E-state index is 13.1. The number of hydrogen-bond donors (Lipinski definition) is 2. The lowest BCUT2D eigenvalue weighted by Gasteiger charge is -2.22. The second-order valence-corrected chi connectivity index (χ2v) is 10.1. The van der Waals surface area contributed by atoms with E-state index < -0.39 is 0 Å². The van der Waals surface area contributed by atoms with Gasteiger partial charge in [-0.25, -0.2) is 9.48 Å². The van der Waals surface area contributed by atoms with Crippen LogP contribution in [0.15, 0.2) is 54.6 Å². The standard InChI is InChI=1S/C27H34ClN5O2/c1-6-7-15-32(26(35)29-21-13-10-12-20(28)16-21)18-25(34)30-24-17-23(27(3,4)5)31-33(24)22-14-9-8-11-19(22)2/h8-14,16-17H,6-7,15,18H2,1-5H3,(H,29,35)(H,30,34). The van der Waals surface area contributed by atoms with E-state index in [1.807, 2.05) is 44.2 Å². The van der Waals surface area contributed by atoms with Crippen molar-refractivity contribution in [1.82, 2.24) is 14.7 Å². The van der Waals surface area contributed by atoms with Crippen molar-refractivity contribution in [3.63, 3.8) is 0 Å². The minimum atomic E-state index is -0.348. The Balaban J connectivity index is 1.82. The first-order chi connectivity index (χ1) is 16.6. The first kappa shape index (κ1) is 26.3. The predicted octanol–water partition coefficient (Wildman–Crippen LogP) is 6.40. The molecule has 8 heteroatoms. The fourth-order valence-corrected chi connectivity index (χ4v) is 3.74. The molecule has 0 bridgehead atoms. The van der Waals surface area contributed by atoms with Crippen LogP contribution in [-0.4, -0.2) is 39.7 Å². The molecule has 0 radical (unpaired) electrons. The zero-order valence-corrected chi connectivity index (χ0v) is 21.8. The summed E-state index contributed by atoms with van der Waals surface area (Å²) in [6.07, 6.45) is 1.68. The number of aryl methyl sites for hydroxylation is 1. The molecule has 0 saturated carbocycles. The molecule has 0 atom stereocenters. The van der Waals surface area contributed by atoms with Crippen molar-refractivity contribution in [3.8, 4) is 5.69 Å². The van der Waals surface area contributed by atoms with Crippen LogP contribution >= 0.6 is 11.6 Å². The molecule has 1 aromatic heterocycles. The van der Waals surface area contributed by atoms with Crippen LogP contribution in [0.25, 0.3) is 5.69 Å². The van der Waals surface area contributed by atoms with Crippen LogP contribution in [0.2, 0.25) is 5.02 Å². The Morgan fingerprint density at radius 2 is 1.80 bits per heavy atom. The number of carbonyl (C=O) groups excluding carboxylic acids is 2. The number of aromatic nitrogens is 2. The van der Waals surface area contributed by atoms with Gasteiger partial charge in [0, 0.05) is 28.7 Å². The van der Waals surface area contributed by atoms with Crippen molar-refractivity contribution in [2.75, 3.05) is 23.7 Å². The van der Waals surface area contributed by atoms with Crippen LogP contribution in [0.5, 0.6) is 0 Å². The van der Waals surface area contributed by atoms with Gasteiger partial charge in [0.2, 0.25) is 5.91 Å². The van der Waals surface area contributed by atoms with Crippen LogP contribution in [0.1, 0.15) is 51.8 Å². The Labute approximate surface area is 212 Å². The van der Waals surface area contributed by atoms with E-state index >= 15 is 0 Å². The Morgan fingerprint density at radius 3 is 2.46 bits per heavy atom. The number of rotatable bonds is 8. The topological polar surface area (TPSA) is 79.3 Å². The fourth-order valence-electron chi connectivity index (χ4n) is 3.55. The van der Waals surface area contributed by atoms with Crippen LogP contribution in [0.4, 0.5) is 16.3 Å². The highest BCUT2D eigenvalue weighted by atomic mass is 35.5. The summed E-state index contributed by atoms with van der Waals surface area (Å²) >= 11 is 6.04. The van der Waals surface area contributed by atoms with Gasteiger partial charge in [-0.2, -0.15) is 5.10 Å². The highest BCUT2D eigenvalue weighted by Crippen LogP contribution is 2.27. The summed E-state index contributed by atoms with van der Waals surface area (Å²) in [5.41, 5.74) is 3.17. The normalized spacial score (nSPS) is 11.3. The minimum Gasteiger partial charge on any atom is -0.315 e.